The van der Waals surface area contributed by atoms with Crippen molar-refractivity contribution in [1.29, 1.82) is 0 Å². The maximum atomic E-state index is 14.1. The topological polar surface area (TPSA) is 161 Å². The summed E-state index contributed by atoms with van der Waals surface area (Å²) in [7, 11) is -4.47. The number of aromatic nitrogens is 2. The predicted molar refractivity (Wildman–Crippen MR) is 181 cm³/mol. The van der Waals surface area contributed by atoms with Crippen LogP contribution in [0, 0.1) is 17.6 Å². The number of hydrogen-bond donors (Lipinski definition) is 2. The van der Waals surface area contributed by atoms with Crippen LogP contribution >= 0.6 is 0 Å². The molecule has 51 heavy (non-hydrogen) atoms. The van der Waals surface area contributed by atoms with Gasteiger partial charge in [0.1, 0.15) is 11.6 Å². The second-order valence-corrected chi connectivity index (χ2v) is 15.1. The van der Waals surface area contributed by atoms with E-state index in [-0.39, 0.29) is 47.6 Å². The van der Waals surface area contributed by atoms with Crippen LogP contribution in [-0.4, -0.2) is 93.1 Å². The van der Waals surface area contributed by atoms with Crippen LogP contribution in [0.5, 0.6) is 0 Å². The molecule has 2 fully saturated rings. The van der Waals surface area contributed by atoms with Gasteiger partial charge in [-0.1, -0.05) is 13.8 Å². The van der Waals surface area contributed by atoms with Crippen LogP contribution < -0.4 is 15.5 Å². The van der Waals surface area contributed by atoms with Crippen LogP contribution in [0.15, 0.2) is 41.3 Å². The molecular weight excluding hydrogens is 690 g/mol. The first-order chi connectivity index (χ1) is 24.3. The average molecular weight is 731 g/mol. The number of amides is 2. The lowest BCUT2D eigenvalue weighted by Crippen LogP contribution is -2.46. The van der Waals surface area contributed by atoms with E-state index in [4.69, 9.17) is 14.2 Å². The molecule has 3 aliphatic heterocycles. The summed E-state index contributed by atoms with van der Waals surface area (Å²) in [5, 5.41) is 10.1. The van der Waals surface area contributed by atoms with E-state index in [1.807, 2.05) is 0 Å². The Morgan fingerprint density at radius 3 is 2.31 bits per heavy atom. The number of carbonyl (C=O) groups is 3. The molecule has 1 aromatic heterocycles. The summed E-state index contributed by atoms with van der Waals surface area (Å²) in [4.78, 5) is 42.1. The molecule has 0 unspecified atom stereocenters. The fraction of sp³-hybridized carbons (Fsp3) is 0.471. The number of nitrogens with one attached hydrogen (secondary N) is 2. The molecule has 0 spiro atoms. The Labute approximate surface area is 294 Å². The van der Waals surface area contributed by atoms with Crippen molar-refractivity contribution in [3.63, 3.8) is 0 Å². The van der Waals surface area contributed by atoms with E-state index in [0.29, 0.717) is 64.1 Å². The molecule has 2 saturated heterocycles. The minimum absolute atomic E-state index is 0.0207. The highest BCUT2D eigenvalue weighted by molar-refractivity contribution is 7.89. The number of carbonyl (C=O) groups excluding carboxylic acids is 3. The number of benzene rings is 2. The van der Waals surface area contributed by atoms with E-state index < -0.39 is 50.5 Å². The second-order valence-electron chi connectivity index (χ2n) is 13.2. The summed E-state index contributed by atoms with van der Waals surface area (Å²) in [6.07, 6.45) is 0.224. The molecule has 0 aliphatic carbocycles. The number of fused-ring (bicyclic) bond motifs is 1. The Kier molecular flexibility index (Phi) is 10.4. The van der Waals surface area contributed by atoms with Crippen molar-refractivity contribution in [3.8, 4) is 0 Å². The lowest BCUT2D eigenvalue weighted by Gasteiger charge is -2.37. The standard InChI is InChI=1S/C34H40F2N6O8S/c1-4-50-33(45)42-29-27(19-41(20-34(29,2)3)51(46,47)25-16-22(35)15-23(36)17-25)30(39-42)38-32(44)26-6-5-24(40-9-13-49-14-10-40)18-28(26)37-31(43)21-7-11-48-12-8-21/h5-6,15-18,21H,4,7-14,19-20H2,1-3H3,(H,37,43)(H,38,39,44). The fourth-order valence-corrected chi connectivity index (χ4v) is 8.29. The zero-order valence-electron chi connectivity index (χ0n) is 28.5. The van der Waals surface area contributed by atoms with Crippen molar-refractivity contribution in [2.45, 2.75) is 50.5 Å². The van der Waals surface area contributed by atoms with Gasteiger partial charge in [-0.15, -0.1) is 5.10 Å². The number of sulfonamides is 1. The third-order valence-electron chi connectivity index (χ3n) is 9.15. The molecule has 0 radical (unpaired) electrons. The van der Waals surface area contributed by atoms with E-state index >= 15 is 0 Å². The van der Waals surface area contributed by atoms with Gasteiger partial charge in [-0.25, -0.2) is 22.0 Å². The van der Waals surface area contributed by atoms with Gasteiger partial charge in [0.15, 0.2) is 5.82 Å². The van der Waals surface area contributed by atoms with E-state index in [1.54, 1.807) is 39.0 Å². The van der Waals surface area contributed by atoms with Crippen LogP contribution in [0.3, 0.4) is 0 Å². The fourth-order valence-electron chi connectivity index (χ4n) is 6.68. The molecular formula is C34H40F2N6O8S. The highest BCUT2D eigenvalue weighted by Gasteiger charge is 2.44. The van der Waals surface area contributed by atoms with Gasteiger partial charge in [-0.3, -0.25) is 9.59 Å². The number of morpholine rings is 1. The summed E-state index contributed by atoms with van der Waals surface area (Å²) in [6, 6.07) is 7.08. The second kappa shape index (κ2) is 14.7. The van der Waals surface area contributed by atoms with Crippen molar-refractivity contribution in [3.05, 3.63) is 64.9 Å². The SMILES string of the molecule is CCOC(=O)n1nc(NC(=O)c2ccc(N3CCOCC3)cc2NC(=O)C2CCOCC2)c2c1C(C)(C)CN(S(=O)(=O)c1cc(F)cc(F)c1)C2. The maximum Gasteiger partial charge on any atom is 0.435 e. The first kappa shape index (κ1) is 36.3. The zero-order valence-corrected chi connectivity index (χ0v) is 29.4. The number of nitrogens with zero attached hydrogens (tertiary/aromatic N) is 4. The molecule has 2 amide bonds. The third kappa shape index (κ3) is 7.61. The Morgan fingerprint density at radius 1 is 0.980 bits per heavy atom. The van der Waals surface area contributed by atoms with E-state index in [9.17, 15) is 31.6 Å². The first-order valence-corrected chi connectivity index (χ1v) is 18.1. The molecule has 14 nitrogen and oxygen atoms in total. The molecule has 0 atom stereocenters. The number of hydrogen-bond acceptors (Lipinski definition) is 10. The lowest BCUT2D eigenvalue weighted by molar-refractivity contribution is -0.122. The van der Waals surface area contributed by atoms with Crippen molar-refractivity contribution >= 4 is 45.1 Å². The van der Waals surface area contributed by atoms with E-state index in [2.05, 4.69) is 20.6 Å². The van der Waals surface area contributed by atoms with Gasteiger partial charge >= 0.3 is 6.09 Å². The van der Waals surface area contributed by atoms with Crippen LogP contribution in [0.2, 0.25) is 0 Å². The minimum Gasteiger partial charge on any atom is -0.448 e. The van der Waals surface area contributed by atoms with Gasteiger partial charge < -0.3 is 29.7 Å². The van der Waals surface area contributed by atoms with Gasteiger partial charge in [0.2, 0.25) is 15.9 Å². The average Bonchev–Trinajstić information content (AvgIpc) is 3.47. The predicted octanol–water partition coefficient (Wildman–Crippen LogP) is 4.10. The molecule has 3 aliphatic rings. The van der Waals surface area contributed by atoms with Gasteiger partial charge in [-0.2, -0.15) is 8.99 Å². The maximum absolute atomic E-state index is 14.1. The Bertz CT molecular complexity index is 1920. The van der Waals surface area contributed by atoms with Gasteiger partial charge in [0.25, 0.3) is 5.91 Å². The highest BCUT2D eigenvalue weighted by atomic mass is 32.2. The number of ether oxygens (including phenoxy) is 3. The van der Waals surface area contributed by atoms with Gasteiger partial charge in [0.05, 0.1) is 41.7 Å². The number of rotatable bonds is 8. The number of anilines is 3. The molecule has 4 heterocycles. The summed E-state index contributed by atoms with van der Waals surface area (Å²) in [6.45, 7) is 7.60. The molecule has 2 N–H and O–H groups in total. The van der Waals surface area contributed by atoms with Crippen LogP contribution in [0.4, 0.5) is 30.8 Å². The van der Waals surface area contributed by atoms with Crippen LogP contribution in [0.25, 0.3) is 0 Å². The molecule has 3 aromatic rings. The minimum atomic E-state index is -4.47. The van der Waals surface area contributed by atoms with Crippen LogP contribution in [-0.2, 0) is 41.0 Å². The monoisotopic (exact) mass is 730 g/mol. The molecule has 274 valence electrons. The van der Waals surface area contributed by atoms with Gasteiger partial charge in [-0.05, 0) is 50.1 Å². The van der Waals surface area contributed by atoms with E-state index in [0.717, 1.165) is 26.8 Å². The molecule has 17 heteroatoms. The largest absolute Gasteiger partial charge is 0.448 e. The molecule has 0 bridgehead atoms. The molecule has 0 saturated carbocycles. The Hall–Kier alpha value is -4.45. The number of halogens is 2. The van der Waals surface area contributed by atoms with Crippen molar-refractivity contribution < 1.29 is 45.8 Å². The van der Waals surface area contributed by atoms with Crippen LogP contribution in [0.1, 0.15) is 55.2 Å². The smallest absolute Gasteiger partial charge is 0.435 e. The summed E-state index contributed by atoms with van der Waals surface area (Å²) >= 11 is 0. The zero-order chi connectivity index (χ0) is 36.5. The van der Waals surface area contributed by atoms with Crippen molar-refractivity contribution in [2.24, 2.45) is 5.92 Å². The Morgan fingerprint density at radius 2 is 1.65 bits per heavy atom. The Balaban J connectivity index is 1.38. The van der Waals surface area contributed by atoms with Gasteiger partial charge in [0, 0.05) is 68.0 Å². The summed E-state index contributed by atoms with van der Waals surface area (Å²) in [5.41, 5.74) is 0.510. The van der Waals surface area contributed by atoms with E-state index in [1.165, 1.54) is 0 Å². The summed E-state index contributed by atoms with van der Waals surface area (Å²) < 4.78 is 73.9. The van der Waals surface area contributed by atoms with Crippen molar-refractivity contribution in [2.75, 3.05) is 68.2 Å². The lowest BCUT2D eigenvalue weighted by atomic mass is 9.83. The molecule has 2 aromatic carbocycles. The quantitative estimate of drug-likeness (QED) is 0.345. The molecule has 6 rings (SSSR count). The summed E-state index contributed by atoms with van der Waals surface area (Å²) in [5.74, 6) is -3.50. The van der Waals surface area contributed by atoms with Crippen molar-refractivity contribution in [1.82, 2.24) is 14.1 Å². The normalized spacial score (nSPS) is 18.2. The third-order valence-corrected chi connectivity index (χ3v) is 10.9. The highest BCUT2D eigenvalue weighted by Crippen LogP contribution is 2.40. The first-order valence-electron chi connectivity index (χ1n) is 16.7.